The Balaban J connectivity index is 2.37. The lowest BCUT2D eigenvalue weighted by atomic mass is 10.2. The molecule has 1 fully saturated rings. The number of para-hydroxylation sites is 1. The first kappa shape index (κ1) is 21.8. The predicted molar refractivity (Wildman–Crippen MR) is 98.9 cm³/mol. The van der Waals surface area contributed by atoms with Gasteiger partial charge < -0.3 is 9.63 Å². The highest BCUT2D eigenvalue weighted by atomic mass is 31.2. The van der Waals surface area contributed by atoms with Gasteiger partial charge >= 0.3 is 19.7 Å². The molecule has 1 aromatic rings. The maximum absolute atomic E-state index is 13.0. The number of rotatable bonds is 8. The molecule has 0 radical (unpaired) electrons. The number of nitrogens with zero attached hydrogens (tertiary/aromatic N) is 3. The Bertz CT molecular complexity index is 906. The fourth-order valence-electron chi connectivity index (χ4n) is 2.05. The molecule has 1 heterocycles. The number of barbiturate groups is 1. The minimum absolute atomic E-state index is 0.0300. The first-order valence-electron chi connectivity index (χ1n) is 7.94. The monoisotopic (exact) mass is 424 g/mol. The third-order valence-electron chi connectivity index (χ3n) is 3.60. The maximum Gasteiger partial charge on any atom is 0.534 e. The van der Waals surface area contributed by atoms with Gasteiger partial charge in [-0.2, -0.15) is 5.09 Å². The van der Waals surface area contributed by atoms with Crippen molar-refractivity contribution in [1.82, 2.24) is 14.9 Å². The number of amides is 4. The lowest BCUT2D eigenvalue weighted by Gasteiger charge is -2.27. The molecular formula is C16H17N4O8P. The number of hydrogen-bond donors (Lipinski definition) is 2. The number of nitrogens with one attached hydrogen (secondary N) is 1. The van der Waals surface area contributed by atoms with E-state index in [2.05, 4.69) is 16.8 Å². The molecule has 1 aliphatic heterocycles. The second-order valence-corrected chi connectivity index (χ2v) is 7.21. The average Bonchev–Trinajstić information content (AvgIpc) is 2.69. The molecular weight excluding hydrogens is 407 g/mol. The van der Waals surface area contributed by atoms with Crippen LogP contribution in [0.15, 0.2) is 48.1 Å². The largest absolute Gasteiger partial charge is 0.534 e. The zero-order valence-corrected chi connectivity index (χ0v) is 16.2. The Kier molecular flexibility index (Phi) is 6.52. The van der Waals surface area contributed by atoms with Crippen LogP contribution in [0.5, 0.6) is 5.75 Å². The van der Waals surface area contributed by atoms with Crippen molar-refractivity contribution in [3.05, 3.63) is 43.0 Å². The van der Waals surface area contributed by atoms with Gasteiger partial charge in [0.05, 0.1) is 0 Å². The molecule has 13 heteroatoms. The number of carbonyl (C=O) groups is 4. The van der Waals surface area contributed by atoms with Crippen LogP contribution in [0.1, 0.15) is 0 Å². The van der Waals surface area contributed by atoms with Gasteiger partial charge in [0, 0.05) is 14.1 Å². The first-order chi connectivity index (χ1) is 13.6. The van der Waals surface area contributed by atoms with Gasteiger partial charge in [-0.15, -0.1) is 6.58 Å². The van der Waals surface area contributed by atoms with Crippen LogP contribution >= 0.6 is 7.75 Å². The molecule has 12 nitrogen and oxygen atoms in total. The van der Waals surface area contributed by atoms with Gasteiger partial charge in [0.2, 0.25) is 5.71 Å². The minimum atomic E-state index is -4.56. The van der Waals surface area contributed by atoms with E-state index in [-0.39, 0.29) is 5.75 Å². The summed E-state index contributed by atoms with van der Waals surface area (Å²) in [5, 5.41) is 14.5. The smallest absolute Gasteiger partial charge is 0.480 e. The molecule has 29 heavy (non-hydrogen) atoms. The van der Waals surface area contributed by atoms with Gasteiger partial charge in [-0.1, -0.05) is 29.4 Å². The number of benzene rings is 1. The molecule has 0 aromatic heterocycles. The summed E-state index contributed by atoms with van der Waals surface area (Å²) in [6.45, 7) is 3.31. The lowest BCUT2D eigenvalue weighted by Crippen LogP contribution is -2.57. The molecule has 0 saturated carbocycles. The molecule has 4 amide bonds. The van der Waals surface area contributed by atoms with E-state index in [1.165, 1.54) is 12.1 Å². The van der Waals surface area contributed by atoms with Gasteiger partial charge in [0.25, 0.3) is 11.8 Å². The van der Waals surface area contributed by atoms with Crippen LogP contribution in [0, 0.1) is 0 Å². The summed E-state index contributed by atoms with van der Waals surface area (Å²) in [6, 6.07) is 5.12. The third kappa shape index (κ3) is 4.86. The van der Waals surface area contributed by atoms with Crippen LogP contribution < -0.4 is 9.61 Å². The molecule has 154 valence electrons. The van der Waals surface area contributed by atoms with Crippen LogP contribution in [0.25, 0.3) is 0 Å². The van der Waals surface area contributed by atoms with E-state index in [0.717, 1.165) is 20.2 Å². The van der Waals surface area contributed by atoms with E-state index >= 15 is 0 Å². The third-order valence-corrected chi connectivity index (χ3v) is 4.94. The topological polar surface area (TPSA) is 155 Å². The molecule has 1 unspecified atom stereocenters. The van der Waals surface area contributed by atoms with Gasteiger partial charge in [-0.3, -0.25) is 28.8 Å². The Hall–Kier alpha value is -3.50. The van der Waals surface area contributed by atoms with E-state index in [9.17, 15) is 23.7 Å². The van der Waals surface area contributed by atoms with E-state index in [0.29, 0.717) is 9.80 Å². The van der Waals surface area contributed by atoms with Crippen molar-refractivity contribution in [2.75, 3.05) is 14.1 Å². The molecule has 0 spiro atoms. The van der Waals surface area contributed by atoms with Gasteiger partial charge in [-0.25, -0.2) is 9.36 Å². The SMILES string of the molecule is C=C[C@H](NP(=O)(ON=C1C(=O)N(C)C(=O)N(C)C1=O)Oc1ccccc1)C(=O)O. The number of carboxylic acids is 1. The highest BCUT2D eigenvalue weighted by Crippen LogP contribution is 2.45. The average molecular weight is 424 g/mol. The van der Waals surface area contributed by atoms with E-state index in [1.54, 1.807) is 18.2 Å². The number of imide groups is 2. The van der Waals surface area contributed by atoms with Gasteiger partial charge in [0.15, 0.2) is 0 Å². The molecule has 1 aliphatic rings. The number of hydrogen-bond acceptors (Lipinski definition) is 8. The fourth-order valence-corrected chi connectivity index (χ4v) is 3.32. The van der Waals surface area contributed by atoms with Gasteiger partial charge in [-0.05, 0) is 12.1 Å². The van der Waals surface area contributed by atoms with E-state index in [4.69, 9.17) is 14.3 Å². The normalized spacial score (nSPS) is 17.4. The zero-order chi connectivity index (χ0) is 21.8. The predicted octanol–water partition coefficient (Wildman–Crippen LogP) is 0.825. The van der Waals surface area contributed by atoms with Crippen molar-refractivity contribution in [3.63, 3.8) is 0 Å². The standard InChI is InChI=1S/C16H17N4O8P/c1-4-11(15(23)24)18-29(26,27-10-8-6-5-7-9-10)28-17-12-13(21)19(2)16(25)20(3)14(12)22/h4-9,11H,1H2,2-3H3,(H,18,26)(H,23,24)/t11-,29?/m0/s1. The number of carbonyl (C=O) groups excluding carboxylic acids is 3. The van der Waals surface area contributed by atoms with Crippen LogP contribution in [0.2, 0.25) is 0 Å². The number of oxime groups is 1. The number of carboxylic acid groups (broad SMARTS) is 1. The molecule has 1 aromatic carbocycles. The minimum Gasteiger partial charge on any atom is -0.480 e. The second-order valence-electron chi connectivity index (χ2n) is 5.61. The van der Waals surface area contributed by atoms with E-state index < -0.39 is 43.3 Å². The van der Waals surface area contributed by atoms with Gasteiger partial charge in [0.1, 0.15) is 11.8 Å². The summed E-state index contributed by atoms with van der Waals surface area (Å²) in [5.41, 5.74) is -0.848. The quantitative estimate of drug-likeness (QED) is 0.351. The van der Waals surface area contributed by atoms with Crippen molar-refractivity contribution in [2.24, 2.45) is 5.16 Å². The Morgan fingerprint density at radius 2 is 1.76 bits per heavy atom. The summed E-state index contributed by atoms with van der Waals surface area (Å²) in [6.07, 6.45) is 0.928. The molecule has 2 atom stereocenters. The number of aliphatic carboxylic acids is 1. The molecule has 0 bridgehead atoms. The summed E-state index contributed by atoms with van der Waals surface area (Å²) < 4.78 is 23.1. The number of urea groups is 1. The van der Waals surface area contributed by atoms with Crippen molar-refractivity contribution < 1.29 is 38.0 Å². The Morgan fingerprint density at radius 3 is 2.24 bits per heavy atom. The summed E-state index contributed by atoms with van der Waals surface area (Å²) >= 11 is 0. The lowest BCUT2D eigenvalue weighted by molar-refractivity contribution is -0.138. The Labute approximate surface area is 164 Å². The van der Waals surface area contributed by atoms with Crippen molar-refractivity contribution in [1.29, 1.82) is 0 Å². The highest BCUT2D eigenvalue weighted by Gasteiger charge is 2.42. The summed E-state index contributed by atoms with van der Waals surface area (Å²) in [4.78, 5) is 48.5. The zero-order valence-electron chi connectivity index (χ0n) is 15.3. The van der Waals surface area contributed by atoms with Crippen LogP contribution in [0.4, 0.5) is 4.79 Å². The van der Waals surface area contributed by atoms with Crippen LogP contribution in [0.3, 0.4) is 0 Å². The van der Waals surface area contributed by atoms with Crippen molar-refractivity contribution in [2.45, 2.75) is 6.04 Å². The van der Waals surface area contributed by atoms with Crippen LogP contribution in [-0.4, -0.2) is 64.6 Å². The summed E-state index contributed by atoms with van der Waals surface area (Å²) in [7, 11) is -2.34. The maximum atomic E-state index is 13.0. The highest BCUT2D eigenvalue weighted by molar-refractivity contribution is 7.52. The van der Waals surface area contributed by atoms with Crippen molar-refractivity contribution >= 4 is 37.3 Å². The second kappa shape index (κ2) is 8.67. The molecule has 2 rings (SSSR count). The molecule has 0 aliphatic carbocycles. The van der Waals surface area contributed by atoms with Crippen molar-refractivity contribution in [3.8, 4) is 5.75 Å². The Morgan fingerprint density at radius 1 is 1.21 bits per heavy atom. The summed E-state index contributed by atoms with van der Waals surface area (Å²) in [5.74, 6) is -3.60. The van der Waals surface area contributed by atoms with Crippen LogP contribution in [-0.2, 0) is 23.6 Å². The molecule has 1 saturated heterocycles. The van der Waals surface area contributed by atoms with E-state index in [1.807, 2.05) is 0 Å². The molecule has 2 N–H and O–H groups in total. The fraction of sp³-hybridized carbons (Fsp3) is 0.188. The first-order valence-corrected chi connectivity index (χ1v) is 9.48.